The number of nitrogens with one attached hydrogen (secondary N) is 5. The molecule has 194 valence electrons. The summed E-state index contributed by atoms with van der Waals surface area (Å²) in [6.45, 7) is 4.42. The molecule has 0 spiro atoms. The van der Waals surface area contributed by atoms with Gasteiger partial charge in [0.2, 0.25) is 23.6 Å². The van der Waals surface area contributed by atoms with Gasteiger partial charge in [0, 0.05) is 24.7 Å². The van der Waals surface area contributed by atoms with E-state index in [0.717, 1.165) is 6.42 Å². The first-order chi connectivity index (χ1) is 16.6. The molecule has 13 heteroatoms. The Hall–Kier alpha value is -3.48. The van der Waals surface area contributed by atoms with E-state index in [1.54, 1.807) is 0 Å². The molecule has 4 unspecified atom stereocenters. The first-order valence-corrected chi connectivity index (χ1v) is 11.7. The number of nitrogens with zero attached hydrogens (tertiary/aromatic N) is 1. The molecule has 1 fully saturated rings. The van der Waals surface area contributed by atoms with Crippen molar-refractivity contribution in [3.05, 3.63) is 18.2 Å². The van der Waals surface area contributed by atoms with Crippen molar-refractivity contribution >= 4 is 29.6 Å². The van der Waals surface area contributed by atoms with Crippen LogP contribution < -0.4 is 27.0 Å². The second kappa shape index (κ2) is 13.4. The van der Waals surface area contributed by atoms with Crippen LogP contribution in [-0.2, 0) is 30.4 Å². The number of aromatic amines is 1. The molecule has 35 heavy (non-hydrogen) atoms. The first kappa shape index (κ1) is 27.8. The molecule has 13 nitrogen and oxygen atoms in total. The zero-order chi connectivity index (χ0) is 26.0. The van der Waals surface area contributed by atoms with Crippen molar-refractivity contribution in [3.63, 3.8) is 0 Å². The smallest absolute Gasteiger partial charge is 0.326 e. The van der Waals surface area contributed by atoms with Crippen LogP contribution in [0.25, 0.3) is 0 Å². The minimum Gasteiger partial charge on any atom is -0.480 e. The van der Waals surface area contributed by atoms with E-state index in [0.29, 0.717) is 18.7 Å². The molecular weight excluding hydrogens is 458 g/mol. The van der Waals surface area contributed by atoms with Crippen molar-refractivity contribution in [2.75, 3.05) is 6.54 Å². The summed E-state index contributed by atoms with van der Waals surface area (Å²) in [4.78, 5) is 68.2. The Morgan fingerprint density at radius 2 is 1.80 bits per heavy atom. The van der Waals surface area contributed by atoms with Crippen LogP contribution in [0.2, 0.25) is 0 Å². The summed E-state index contributed by atoms with van der Waals surface area (Å²) in [6.07, 6.45) is 4.46. The molecule has 1 aromatic heterocycles. The van der Waals surface area contributed by atoms with Crippen LogP contribution in [0.3, 0.4) is 0 Å². The average molecular weight is 494 g/mol. The predicted molar refractivity (Wildman–Crippen MR) is 125 cm³/mol. The molecule has 4 atom stereocenters. The summed E-state index contributed by atoms with van der Waals surface area (Å²) in [5, 5.41) is 20.3. The summed E-state index contributed by atoms with van der Waals surface area (Å²) < 4.78 is 0. The van der Waals surface area contributed by atoms with Gasteiger partial charge in [0.1, 0.15) is 18.1 Å². The van der Waals surface area contributed by atoms with E-state index in [4.69, 9.17) is 5.73 Å². The van der Waals surface area contributed by atoms with Crippen LogP contribution in [0.15, 0.2) is 12.5 Å². The summed E-state index contributed by atoms with van der Waals surface area (Å²) in [5.41, 5.74) is 5.71. The van der Waals surface area contributed by atoms with Crippen LogP contribution in [-0.4, -0.2) is 75.4 Å². The quantitative estimate of drug-likeness (QED) is 0.163. The number of hydrogen-bond acceptors (Lipinski definition) is 7. The van der Waals surface area contributed by atoms with Crippen molar-refractivity contribution in [3.8, 4) is 0 Å². The number of imidazole rings is 1. The second-order valence-corrected chi connectivity index (χ2v) is 9.09. The highest BCUT2D eigenvalue weighted by Gasteiger charge is 2.32. The van der Waals surface area contributed by atoms with Gasteiger partial charge in [-0.05, 0) is 38.1 Å². The van der Waals surface area contributed by atoms with Crippen LogP contribution in [0, 0.1) is 5.92 Å². The topological polar surface area (TPSA) is 208 Å². The van der Waals surface area contributed by atoms with E-state index >= 15 is 0 Å². The van der Waals surface area contributed by atoms with Gasteiger partial charge < -0.3 is 37.1 Å². The number of H-pyrrole nitrogens is 1. The maximum atomic E-state index is 13.2. The minimum absolute atomic E-state index is 0.0108. The molecule has 0 saturated carbocycles. The van der Waals surface area contributed by atoms with E-state index in [9.17, 15) is 29.1 Å². The summed E-state index contributed by atoms with van der Waals surface area (Å²) in [6, 6.07) is -3.78. The number of carbonyl (C=O) groups is 5. The van der Waals surface area contributed by atoms with Gasteiger partial charge >= 0.3 is 5.97 Å². The predicted octanol–water partition coefficient (Wildman–Crippen LogP) is -1.45. The summed E-state index contributed by atoms with van der Waals surface area (Å²) in [5.74, 6) is -3.62. The molecule has 1 aromatic rings. The van der Waals surface area contributed by atoms with Crippen LogP contribution in [0.4, 0.5) is 0 Å². The highest BCUT2D eigenvalue weighted by molar-refractivity contribution is 5.94. The maximum absolute atomic E-state index is 13.2. The van der Waals surface area contributed by atoms with E-state index in [2.05, 4.69) is 31.2 Å². The number of carbonyl (C=O) groups excluding carboxylic acids is 4. The Labute approximate surface area is 203 Å². The largest absolute Gasteiger partial charge is 0.480 e. The standard InChI is InChI=1S/C22H35N7O6/c1-12(2)8-16(20(32)27-15(22(34)35)5-6-18(23)30)28-21(33)17(9-13-10-24-11-26-13)29-19(31)14-4-3-7-25-14/h10-12,14-17,25H,3-9H2,1-2H3,(H2,23,30)(H,24,26)(H,27,32)(H,28,33)(H,29,31)(H,34,35). The van der Waals surface area contributed by atoms with Crippen LogP contribution in [0.1, 0.15) is 51.6 Å². The summed E-state index contributed by atoms with van der Waals surface area (Å²) in [7, 11) is 0. The van der Waals surface area contributed by atoms with Gasteiger partial charge in [-0.1, -0.05) is 13.8 Å². The lowest BCUT2D eigenvalue weighted by Crippen LogP contribution is -2.57. The molecule has 2 rings (SSSR count). The number of amides is 4. The maximum Gasteiger partial charge on any atom is 0.326 e. The molecule has 0 radical (unpaired) electrons. The fraction of sp³-hybridized carbons (Fsp3) is 0.636. The third kappa shape index (κ3) is 9.35. The van der Waals surface area contributed by atoms with Crippen molar-refractivity contribution in [1.82, 2.24) is 31.2 Å². The highest BCUT2D eigenvalue weighted by atomic mass is 16.4. The van der Waals surface area contributed by atoms with E-state index < -0.39 is 47.9 Å². The third-order valence-corrected chi connectivity index (χ3v) is 5.62. The normalized spacial score (nSPS) is 17.9. The van der Waals surface area contributed by atoms with Gasteiger partial charge in [-0.15, -0.1) is 0 Å². The fourth-order valence-electron chi connectivity index (χ4n) is 3.80. The lowest BCUT2D eigenvalue weighted by molar-refractivity contribution is -0.142. The first-order valence-electron chi connectivity index (χ1n) is 11.7. The number of primary amides is 1. The van der Waals surface area contributed by atoms with Crippen molar-refractivity contribution in [2.45, 2.75) is 76.5 Å². The van der Waals surface area contributed by atoms with E-state index in [1.807, 2.05) is 13.8 Å². The molecule has 0 aromatic carbocycles. The second-order valence-electron chi connectivity index (χ2n) is 9.09. The number of carboxylic acids is 1. The summed E-state index contributed by atoms with van der Waals surface area (Å²) >= 11 is 0. The number of carboxylic acid groups (broad SMARTS) is 1. The Kier molecular flexibility index (Phi) is 10.6. The zero-order valence-electron chi connectivity index (χ0n) is 20.0. The molecule has 2 heterocycles. The molecule has 0 aliphatic carbocycles. The van der Waals surface area contributed by atoms with E-state index in [-0.39, 0.29) is 37.5 Å². The van der Waals surface area contributed by atoms with Crippen LogP contribution >= 0.6 is 0 Å². The Bertz CT molecular complexity index is 883. The number of nitrogens with two attached hydrogens (primary N) is 1. The highest BCUT2D eigenvalue weighted by Crippen LogP contribution is 2.10. The Balaban J connectivity index is 2.13. The van der Waals surface area contributed by atoms with Gasteiger partial charge in [0.15, 0.2) is 0 Å². The molecule has 1 saturated heterocycles. The van der Waals surface area contributed by atoms with Gasteiger partial charge in [0.25, 0.3) is 0 Å². The number of aliphatic carboxylic acids is 1. The van der Waals surface area contributed by atoms with Crippen molar-refractivity contribution < 1.29 is 29.1 Å². The lowest BCUT2D eigenvalue weighted by atomic mass is 10.0. The molecule has 4 amide bonds. The molecular formula is C22H35N7O6. The van der Waals surface area contributed by atoms with Crippen molar-refractivity contribution in [2.24, 2.45) is 11.7 Å². The molecule has 8 N–H and O–H groups in total. The van der Waals surface area contributed by atoms with E-state index in [1.165, 1.54) is 12.5 Å². The number of hydrogen-bond donors (Lipinski definition) is 7. The Morgan fingerprint density at radius 1 is 1.11 bits per heavy atom. The molecule has 0 bridgehead atoms. The fourth-order valence-corrected chi connectivity index (χ4v) is 3.80. The van der Waals surface area contributed by atoms with Crippen molar-refractivity contribution in [1.29, 1.82) is 0 Å². The van der Waals surface area contributed by atoms with Gasteiger partial charge in [-0.2, -0.15) is 0 Å². The molecule has 1 aliphatic rings. The minimum atomic E-state index is -1.34. The SMILES string of the molecule is CC(C)CC(NC(=O)C(Cc1cnc[nH]1)NC(=O)C1CCCN1)C(=O)NC(CCC(N)=O)C(=O)O. The Morgan fingerprint density at radius 3 is 2.34 bits per heavy atom. The molecule has 1 aliphatic heterocycles. The third-order valence-electron chi connectivity index (χ3n) is 5.62. The lowest BCUT2D eigenvalue weighted by Gasteiger charge is -2.26. The van der Waals surface area contributed by atoms with Crippen LogP contribution in [0.5, 0.6) is 0 Å². The monoisotopic (exact) mass is 493 g/mol. The average Bonchev–Trinajstić information content (AvgIpc) is 3.49. The van der Waals surface area contributed by atoms with Gasteiger partial charge in [0.05, 0.1) is 12.4 Å². The number of aromatic nitrogens is 2. The number of rotatable bonds is 14. The zero-order valence-corrected chi connectivity index (χ0v) is 20.0. The van der Waals surface area contributed by atoms with Gasteiger partial charge in [-0.3, -0.25) is 19.2 Å². The van der Waals surface area contributed by atoms with Gasteiger partial charge in [-0.25, -0.2) is 9.78 Å².